The van der Waals surface area contributed by atoms with Gasteiger partial charge in [-0.2, -0.15) is 0 Å². The summed E-state index contributed by atoms with van der Waals surface area (Å²) < 4.78 is 0. The van der Waals surface area contributed by atoms with Gasteiger partial charge in [0.25, 0.3) is 0 Å². The summed E-state index contributed by atoms with van der Waals surface area (Å²) >= 11 is 0. The van der Waals surface area contributed by atoms with Crippen LogP contribution in [0.25, 0.3) is 0 Å². The van der Waals surface area contributed by atoms with Gasteiger partial charge in [-0.3, -0.25) is 4.79 Å². The van der Waals surface area contributed by atoms with E-state index in [0.717, 1.165) is 0 Å². The largest absolute Gasteiger partial charge is 0.481 e. The standard InChI is InChI=1S/C8H13NO3/c1-7(2)5(9-12)4-8(7,3)6(10)11/h12H,4H2,1-3H3,(H,10,11). The highest BCUT2D eigenvalue weighted by Gasteiger charge is 2.60. The predicted octanol–water partition coefficient (Wildman–Crippen LogP) is 1.34. The van der Waals surface area contributed by atoms with Gasteiger partial charge in [-0.05, 0) is 6.92 Å². The van der Waals surface area contributed by atoms with Crippen LogP contribution in [0.3, 0.4) is 0 Å². The van der Waals surface area contributed by atoms with Gasteiger partial charge in [0.05, 0.1) is 11.1 Å². The zero-order valence-corrected chi connectivity index (χ0v) is 7.46. The number of carboxylic acids is 1. The molecule has 0 spiro atoms. The van der Waals surface area contributed by atoms with Gasteiger partial charge in [0.1, 0.15) is 0 Å². The van der Waals surface area contributed by atoms with E-state index in [9.17, 15) is 4.79 Å². The SMILES string of the molecule is CC1(C)C(=NO)CC1(C)C(=O)O. The predicted molar refractivity (Wildman–Crippen MR) is 43.4 cm³/mol. The second-order valence-corrected chi connectivity index (χ2v) is 3.99. The summed E-state index contributed by atoms with van der Waals surface area (Å²) in [4.78, 5) is 10.8. The Labute approximate surface area is 70.9 Å². The van der Waals surface area contributed by atoms with Gasteiger partial charge in [0, 0.05) is 11.8 Å². The van der Waals surface area contributed by atoms with E-state index in [4.69, 9.17) is 10.3 Å². The van der Waals surface area contributed by atoms with Gasteiger partial charge < -0.3 is 10.3 Å². The molecule has 0 aromatic carbocycles. The summed E-state index contributed by atoms with van der Waals surface area (Å²) in [5.74, 6) is -0.833. The summed E-state index contributed by atoms with van der Waals surface area (Å²) in [6, 6.07) is 0. The van der Waals surface area contributed by atoms with E-state index < -0.39 is 16.8 Å². The Bertz CT molecular complexity index is 257. The van der Waals surface area contributed by atoms with E-state index in [1.54, 1.807) is 20.8 Å². The zero-order chi connectivity index (χ0) is 9.57. The molecular weight excluding hydrogens is 158 g/mol. The Kier molecular flexibility index (Phi) is 1.67. The molecule has 0 aromatic heterocycles. The second kappa shape index (κ2) is 2.21. The van der Waals surface area contributed by atoms with Crippen molar-refractivity contribution in [3.63, 3.8) is 0 Å². The highest BCUT2D eigenvalue weighted by molar-refractivity contribution is 6.04. The summed E-state index contributed by atoms with van der Waals surface area (Å²) in [5.41, 5.74) is -0.755. The van der Waals surface area contributed by atoms with Crippen LogP contribution in [0, 0.1) is 10.8 Å². The molecule has 0 aliphatic heterocycles. The first-order chi connectivity index (χ1) is 5.36. The van der Waals surface area contributed by atoms with Crippen molar-refractivity contribution in [1.29, 1.82) is 0 Å². The summed E-state index contributed by atoms with van der Waals surface area (Å²) in [5, 5.41) is 20.5. The molecule has 0 aromatic rings. The first-order valence-electron chi connectivity index (χ1n) is 3.81. The summed E-state index contributed by atoms with van der Waals surface area (Å²) in [7, 11) is 0. The molecule has 0 radical (unpaired) electrons. The molecular formula is C8H13NO3. The van der Waals surface area contributed by atoms with Crippen LogP contribution < -0.4 is 0 Å². The van der Waals surface area contributed by atoms with Gasteiger partial charge in [0.2, 0.25) is 0 Å². The maximum Gasteiger partial charge on any atom is 0.310 e. The fourth-order valence-electron chi connectivity index (χ4n) is 1.49. The highest BCUT2D eigenvalue weighted by atomic mass is 16.4. The summed E-state index contributed by atoms with van der Waals surface area (Å²) in [6.45, 7) is 5.23. The fourth-order valence-corrected chi connectivity index (χ4v) is 1.49. The minimum atomic E-state index is -0.833. The van der Waals surface area contributed by atoms with Crippen LogP contribution in [0.2, 0.25) is 0 Å². The average molecular weight is 171 g/mol. The van der Waals surface area contributed by atoms with Crippen LogP contribution in [0.5, 0.6) is 0 Å². The normalized spacial score (nSPS) is 36.1. The summed E-state index contributed by atoms with van der Waals surface area (Å²) in [6.07, 6.45) is 0.339. The van der Waals surface area contributed by atoms with Crippen molar-refractivity contribution in [3.05, 3.63) is 0 Å². The zero-order valence-electron chi connectivity index (χ0n) is 7.46. The number of rotatable bonds is 1. The Hall–Kier alpha value is -1.06. The first kappa shape index (κ1) is 9.03. The molecule has 4 nitrogen and oxygen atoms in total. The lowest BCUT2D eigenvalue weighted by molar-refractivity contribution is -0.155. The number of nitrogens with zero attached hydrogens (tertiary/aromatic N) is 1. The minimum Gasteiger partial charge on any atom is -0.481 e. The van der Waals surface area contributed by atoms with Crippen LogP contribution in [-0.2, 0) is 4.79 Å². The molecule has 0 bridgehead atoms. The van der Waals surface area contributed by atoms with Crippen molar-refractivity contribution >= 4 is 11.7 Å². The van der Waals surface area contributed by atoms with E-state index in [-0.39, 0.29) is 0 Å². The van der Waals surface area contributed by atoms with Crippen LogP contribution in [0.4, 0.5) is 0 Å². The van der Waals surface area contributed by atoms with E-state index in [2.05, 4.69) is 5.16 Å². The van der Waals surface area contributed by atoms with Crippen LogP contribution in [0.15, 0.2) is 5.16 Å². The van der Waals surface area contributed by atoms with Gasteiger partial charge in [-0.15, -0.1) is 0 Å². The lowest BCUT2D eigenvalue weighted by Gasteiger charge is -2.51. The van der Waals surface area contributed by atoms with Gasteiger partial charge >= 0.3 is 5.97 Å². The molecule has 1 aliphatic carbocycles. The molecule has 4 heteroatoms. The Balaban J connectivity index is 2.98. The molecule has 0 amide bonds. The third-order valence-electron chi connectivity index (χ3n) is 3.21. The van der Waals surface area contributed by atoms with Crippen molar-refractivity contribution in [2.24, 2.45) is 16.0 Å². The van der Waals surface area contributed by atoms with E-state index in [0.29, 0.717) is 12.1 Å². The van der Waals surface area contributed by atoms with E-state index in [1.165, 1.54) is 0 Å². The van der Waals surface area contributed by atoms with Gasteiger partial charge in [0.15, 0.2) is 0 Å². The average Bonchev–Trinajstić information content (AvgIpc) is 1.98. The maximum atomic E-state index is 10.8. The number of oxime groups is 1. The molecule has 1 unspecified atom stereocenters. The first-order valence-corrected chi connectivity index (χ1v) is 3.81. The van der Waals surface area contributed by atoms with Crippen molar-refractivity contribution in [2.45, 2.75) is 27.2 Å². The van der Waals surface area contributed by atoms with E-state index >= 15 is 0 Å². The van der Waals surface area contributed by atoms with Gasteiger partial charge in [-0.1, -0.05) is 19.0 Å². The quantitative estimate of drug-likeness (QED) is 0.462. The van der Waals surface area contributed by atoms with Crippen LogP contribution in [0.1, 0.15) is 27.2 Å². The molecule has 0 heterocycles. The minimum absolute atomic E-state index is 0.339. The number of hydrogen-bond acceptors (Lipinski definition) is 3. The van der Waals surface area contributed by atoms with Crippen LogP contribution in [-0.4, -0.2) is 22.0 Å². The molecule has 2 N–H and O–H groups in total. The molecule has 1 aliphatic rings. The van der Waals surface area contributed by atoms with E-state index in [1.807, 2.05) is 0 Å². The fraction of sp³-hybridized carbons (Fsp3) is 0.750. The smallest absolute Gasteiger partial charge is 0.310 e. The Morgan fingerprint density at radius 1 is 1.50 bits per heavy atom. The molecule has 0 saturated heterocycles. The Morgan fingerprint density at radius 3 is 2.25 bits per heavy atom. The Morgan fingerprint density at radius 2 is 2.00 bits per heavy atom. The lowest BCUT2D eigenvalue weighted by Crippen LogP contribution is -2.58. The number of aliphatic carboxylic acids is 1. The monoisotopic (exact) mass is 171 g/mol. The van der Waals surface area contributed by atoms with Crippen molar-refractivity contribution in [1.82, 2.24) is 0 Å². The third kappa shape index (κ3) is 0.777. The van der Waals surface area contributed by atoms with Crippen LogP contribution >= 0.6 is 0 Å². The molecule has 68 valence electrons. The molecule has 1 atom stereocenters. The number of carbonyl (C=O) groups is 1. The topological polar surface area (TPSA) is 69.9 Å². The maximum absolute atomic E-state index is 10.8. The lowest BCUT2D eigenvalue weighted by atomic mass is 9.50. The molecule has 12 heavy (non-hydrogen) atoms. The van der Waals surface area contributed by atoms with Crippen molar-refractivity contribution in [3.8, 4) is 0 Å². The molecule has 1 fully saturated rings. The molecule has 1 saturated carbocycles. The number of hydrogen-bond donors (Lipinski definition) is 2. The van der Waals surface area contributed by atoms with Crippen molar-refractivity contribution < 1.29 is 15.1 Å². The van der Waals surface area contributed by atoms with Gasteiger partial charge in [-0.25, -0.2) is 0 Å². The third-order valence-corrected chi connectivity index (χ3v) is 3.21. The van der Waals surface area contributed by atoms with Crippen molar-refractivity contribution in [2.75, 3.05) is 0 Å². The highest BCUT2D eigenvalue weighted by Crippen LogP contribution is 2.54. The second-order valence-electron chi connectivity index (χ2n) is 3.99. The molecule has 1 rings (SSSR count). The number of carboxylic acid groups (broad SMARTS) is 1.